The van der Waals surface area contributed by atoms with Gasteiger partial charge in [-0.2, -0.15) is 0 Å². The monoisotopic (exact) mass is 908 g/mol. The van der Waals surface area contributed by atoms with Crippen LogP contribution in [-0.2, 0) is 46.3 Å². The average Bonchev–Trinajstić information content (AvgIpc) is 3.66. The van der Waals surface area contributed by atoms with Gasteiger partial charge < -0.3 is 35.1 Å². The molecule has 0 spiro atoms. The Morgan fingerprint density at radius 1 is 0.818 bits per heavy atom. The number of carbonyl (C=O) groups is 6. The maximum absolute atomic E-state index is 14.8. The Kier molecular flexibility index (Phi) is 17.6. The number of hydrogen-bond acceptors (Lipinski definition) is 9. The molecule has 1 heterocycles. The molecule has 0 aliphatic carbocycles. The number of rotatable bonds is 17. The highest BCUT2D eigenvalue weighted by Gasteiger charge is 2.46. The number of hydrogen-bond donors (Lipinski definition) is 3. The van der Waals surface area contributed by atoms with E-state index in [2.05, 4.69) is 28.4 Å². The third-order valence-electron chi connectivity index (χ3n) is 11.1. The molecule has 14 heteroatoms. The number of terminal acetylenes is 1. The van der Waals surface area contributed by atoms with Crippen molar-refractivity contribution in [1.29, 1.82) is 0 Å². The van der Waals surface area contributed by atoms with E-state index in [1.165, 1.54) is 23.8 Å². The standard InChI is InChI=1S/C52H69N5O9/c1-14-18-36-31-42(57(32-36)47(61)43(50(4,5)6)55-44(58)33(3)56(13)49(63)66-52(10,11)12)46(60)53-40(30-35-21-24-37-19-16-17-20-38(37)28-35)45(59)54-41(48(62)65-51(7,8)9)29-34-22-25-39(26-23-34)64-27-15-2/h2,14,16-17,19-26,28,33,36,40-43H,1,18,27,29-32H2,3-13H3,(H,53,60)(H,54,59)(H,55,58)/t33-,36-,40-,41-,42-,43+/m0/s1. The SMILES string of the molecule is C#CCOc1ccc(C[C@H](NC(=O)[C@H](Cc2ccc3ccccc3c2)NC(=O)[C@@H]2C[C@H](CC=C)CN2C(=O)[C@@H](NC(=O)[C@H](C)N(C)C(=O)OC(C)(C)C)C(C)(C)C)C(=O)OC(C)(C)C)cc1. The van der Waals surface area contributed by atoms with Crippen molar-refractivity contribution in [3.8, 4) is 18.1 Å². The van der Waals surface area contributed by atoms with Gasteiger partial charge in [0.15, 0.2) is 0 Å². The molecule has 5 amide bonds. The third kappa shape index (κ3) is 15.1. The van der Waals surface area contributed by atoms with Crippen LogP contribution in [0.5, 0.6) is 5.75 Å². The molecule has 3 aromatic carbocycles. The third-order valence-corrected chi connectivity index (χ3v) is 11.1. The van der Waals surface area contributed by atoms with Crippen LogP contribution >= 0.6 is 0 Å². The van der Waals surface area contributed by atoms with Gasteiger partial charge in [-0.3, -0.25) is 24.1 Å². The van der Waals surface area contributed by atoms with E-state index in [0.29, 0.717) is 17.7 Å². The zero-order valence-corrected chi connectivity index (χ0v) is 40.5. The van der Waals surface area contributed by atoms with Crippen LogP contribution in [0.15, 0.2) is 79.4 Å². The topological polar surface area (TPSA) is 173 Å². The van der Waals surface area contributed by atoms with Crippen LogP contribution in [0.4, 0.5) is 4.79 Å². The van der Waals surface area contributed by atoms with Crippen LogP contribution < -0.4 is 20.7 Å². The number of likely N-dealkylation sites (tertiary alicyclic amines) is 1. The van der Waals surface area contributed by atoms with Gasteiger partial charge in [-0.15, -0.1) is 13.0 Å². The van der Waals surface area contributed by atoms with Gasteiger partial charge in [0.25, 0.3) is 0 Å². The van der Waals surface area contributed by atoms with E-state index in [1.54, 1.807) is 92.7 Å². The molecular formula is C52H69N5O9. The van der Waals surface area contributed by atoms with E-state index < -0.39 is 82.5 Å². The van der Waals surface area contributed by atoms with Crippen molar-refractivity contribution in [2.75, 3.05) is 20.2 Å². The van der Waals surface area contributed by atoms with Crippen LogP contribution in [0.25, 0.3) is 10.8 Å². The molecule has 4 rings (SSSR count). The molecule has 0 saturated carbocycles. The van der Waals surface area contributed by atoms with Crippen LogP contribution in [-0.4, -0.2) is 107 Å². The number of nitrogens with zero attached hydrogens (tertiary/aromatic N) is 2. The first-order valence-corrected chi connectivity index (χ1v) is 22.4. The van der Waals surface area contributed by atoms with Gasteiger partial charge >= 0.3 is 12.1 Å². The summed E-state index contributed by atoms with van der Waals surface area (Å²) in [6.07, 6.45) is 7.25. The number of carbonyl (C=O) groups excluding carboxylic acids is 6. The van der Waals surface area contributed by atoms with Crippen molar-refractivity contribution < 1.29 is 43.0 Å². The van der Waals surface area contributed by atoms with E-state index in [0.717, 1.165) is 16.3 Å². The van der Waals surface area contributed by atoms with E-state index in [1.807, 2.05) is 42.5 Å². The highest BCUT2D eigenvalue weighted by atomic mass is 16.6. The lowest BCUT2D eigenvalue weighted by molar-refractivity contribution is -0.158. The number of benzene rings is 3. The lowest BCUT2D eigenvalue weighted by atomic mass is 9.85. The quantitative estimate of drug-likeness (QED) is 0.0774. The number of allylic oxidation sites excluding steroid dienone is 1. The summed E-state index contributed by atoms with van der Waals surface area (Å²) in [7, 11) is 1.45. The number of likely N-dealkylation sites (N-methyl/N-ethyl adjacent to an activating group) is 1. The smallest absolute Gasteiger partial charge is 0.410 e. The first-order valence-electron chi connectivity index (χ1n) is 22.4. The maximum Gasteiger partial charge on any atom is 0.410 e. The maximum atomic E-state index is 14.8. The summed E-state index contributed by atoms with van der Waals surface area (Å²) in [5.41, 5.74) is -1.05. The van der Waals surface area contributed by atoms with Crippen LogP contribution in [0.2, 0.25) is 0 Å². The van der Waals surface area contributed by atoms with E-state index in [9.17, 15) is 28.8 Å². The molecule has 3 N–H and O–H groups in total. The molecule has 0 bridgehead atoms. The number of esters is 1. The molecule has 66 heavy (non-hydrogen) atoms. The summed E-state index contributed by atoms with van der Waals surface area (Å²) < 4.78 is 16.7. The molecule has 1 aliphatic heterocycles. The Labute approximate surface area is 390 Å². The van der Waals surface area contributed by atoms with Gasteiger partial charge in [0.1, 0.15) is 53.8 Å². The Morgan fingerprint density at radius 2 is 1.42 bits per heavy atom. The predicted octanol–water partition coefficient (Wildman–Crippen LogP) is 6.53. The molecular weight excluding hydrogens is 839 g/mol. The Hall–Kier alpha value is -6.36. The number of fused-ring (bicyclic) bond motifs is 1. The Balaban J connectivity index is 1.68. The largest absolute Gasteiger partial charge is 0.481 e. The Bertz CT molecular complexity index is 2260. The molecule has 0 aromatic heterocycles. The normalized spacial score (nSPS) is 17.0. The molecule has 6 atom stereocenters. The van der Waals surface area contributed by atoms with Gasteiger partial charge in [-0.05, 0) is 107 Å². The van der Waals surface area contributed by atoms with Crippen molar-refractivity contribution in [2.24, 2.45) is 11.3 Å². The molecule has 1 fully saturated rings. The lowest BCUT2D eigenvalue weighted by Gasteiger charge is -2.37. The van der Waals surface area contributed by atoms with E-state index in [4.69, 9.17) is 20.6 Å². The van der Waals surface area contributed by atoms with Crippen molar-refractivity contribution in [1.82, 2.24) is 25.8 Å². The molecule has 0 unspecified atom stereocenters. The molecule has 3 aromatic rings. The lowest BCUT2D eigenvalue weighted by Crippen LogP contribution is -2.61. The summed E-state index contributed by atoms with van der Waals surface area (Å²) >= 11 is 0. The van der Waals surface area contributed by atoms with Crippen LogP contribution in [0.1, 0.15) is 93.2 Å². The fraction of sp³-hybridized carbons (Fsp3) is 0.500. The van der Waals surface area contributed by atoms with Crippen molar-refractivity contribution in [2.45, 2.75) is 136 Å². The summed E-state index contributed by atoms with van der Waals surface area (Å²) in [6.45, 7) is 21.5. The summed E-state index contributed by atoms with van der Waals surface area (Å²) in [6, 6.07) is 15.0. The fourth-order valence-corrected chi connectivity index (χ4v) is 7.57. The van der Waals surface area contributed by atoms with Gasteiger partial charge in [-0.25, -0.2) is 9.59 Å². The van der Waals surface area contributed by atoms with Gasteiger partial charge in [-0.1, -0.05) is 87.4 Å². The van der Waals surface area contributed by atoms with E-state index >= 15 is 0 Å². The van der Waals surface area contributed by atoms with E-state index in [-0.39, 0.29) is 38.3 Å². The zero-order valence-electron chi connectivity index (χ0n) is 40.5. The number of ether oxygens (including phenoxy) is 3. The zero-order chi connectivity index (χ0) is 49.1. The van der Waals surface area contributed by atoms with Crippen LogP contribution in [0, 0.1) is 23.7 Å². The molecule has 0 radical (unpaired) electrons. The Morgan fingerprint density at radius 3 is 2.02 bits per heavy atom. The summed E-state index contributed by atoms with van der Waals surface area (Å²) in [5, 5.41) is 10.7. The average molecular weight is 908 g/mol. The highest BCUT2D eigenvalue weighted by Crippen LogP contribution is 2.31. The predicted molar refractivity (Wildman–Crippen MR) is 255 cm³/mol. The van der Waals surface area contributed by atoms with Crippen molar-refractivity contribution >= 4 is 46.5 Å². The first kappa shape index (κ1) is 52.3. The molecule has 1 aliphatic rings. The number of nitrogens with one attached hydrogen (secondary N) is 3. The van der Waals surface area contributed by atoms with Crippen molar-refractivity contribution in [3.05, 3.63) is 90.5 Å². The minimum Gasteiger partial charge on any atom is -0.481 e. The molecule has 1 saturated heterocycles. The van der Waals surface area contributed by atoms with Gasteiger partial charge in [0.05, 0.1) is 0 Å². The number of amides is 5. The second-order valence-electron chi connectivity index (χ2n) is 20.1. The minimum absolute atomic E-state index is 0.0468. The highest BCUT2D eigenvalue weighted by molar-refractivity contribution is 5.97. The van der Waals surface area contributed by atoms with Gasteiger partial charge in [0, 0.05) is 26.4 Å². The minimum atomic E-state index is -1.21. The molecule has 14 nitrogen and oxygen atoms in total. The van der Waals surface area contributed by atoms with Crippen LogP contribution in [0.3, 0.4) is 0 Å². The molecule has 356 valence electrons. The fourth-order valence-electron chi connectivity index (χ4n) is 7.57. The second-order valence-corrected chi connectivity index (χ2v) is 20.1. The van der Waals surface area contributed by atoms with Gasteiger partial charge in [0.2, 0.25) is 23.6 Å². The summed E-state index contributed by atoms with van der Waals surface area (Å²) in [4.78, 5) is 87.2. The second kappa shape index (κ2) is 22.2. The first-order chi connectivity index (χ1) is 30.8. The van der Waals surface area contributed by atoms with Crippen molar-refractivity contribution in [3.63, 3.8) is 0 Å². The summed E-state index contributed by atoms with van der Waals surface area (Å²) in [5.74, 6) is -0.145.